The summed E-state index contributed by atoms with van der Waals surface area (Å²) in [5.74, 6) is 0.252. The van der Waals surface area contributed by atoms with Gasteiger partial charge in [-0.3, -0.25) is 0 Å². The van der Waals surface area contributed by atoms with E-state index < -0.39 is 11.6 Å². The van der Waals surface area contributed by atoms with Crippen molar-refractivity contribution in [2.24, 2.45) is 0 Å². The molecule has 3 nitrogen and oxygen atoms in total. The number of aliphatic carboxylic acids is 1. The van der Waals surface area contributed by atoms with E-state index in [1.165, 1.54) is 0 Å². The second-order valence-corrected chi connectivity index (χ2v) is 4.55. The van der Waals surface area contributed by atoms with Gasteiger partial charge in [-0.1, -0.05) is 30.3 Å². The highest BCUT2D eigenvalue weighted by atomic mass is 32.2. The van der Waals surface area contributed by atoms with Gasteiger partial charge in [0.25, 0.3) is 0 Å². The SMILES string of the molecule is O=C(O)C1(OCc2ccccc2)CSC1. The predicted molar refractivity (Wildman–Crippen MR) is 58.9 cm³/mol. The molecular weight excluding hydrogens is 212 g/mol. The van der Waals surface area contributed by atoms with Crippen LogP contribution in [0.1, 0.15) is 5.56 Å². The Balaban J connectivity index is 1.95. The maximum atomic E-state index is 11.0. The molecule has 15 heavy (non-hydrogen) atoms. The summed E-state index contributed by atoms with van der Waals surface area (Å²) in [6.07, 6.45) is 0. The molecule has 80 valence electrons. The van der Waals surface area contributed by atoms with Gasteiger partial charge < -0.3 is 9.84 Å². The molecular formula is C11H12O3S. The van der Waals surface area contributed by atoms with Crippen molar-refractivity contribution < 1.29 is 14.6 Å². The lowest BCUT2D eigenvalue weighted by atomic mass is 10.1. The van der Waals surface area contributed by atoms with Gasteiger partial charge in [0.2, 0.25) is 0 Å². The monoisotopic (exact) mass is 224 g/mol. The molecule has 0 aromatic heterocycles. The van der Waals surface area contributed by atoms with Crippen molar-refractivity contribution in [1.29, 1.82) is 0 Å². The molecule has 1 aromatic carbocycles. The topological polar surface area (TPSA) is 46.5 Å². The second-order valence-electron chi connectivity index (χ2n) is 3.57. The van der Waals surface area contributed by atoms with E-state index in [2.05, 4.69) is 0 Å². The Labute approximate surface area is 92.4 Å². The first-order chi connectivity index (χ1) is 7.23. The third-order valence-electron chi connectivity index (χ3n) is 2.42. The Morgan fingerprint density at radius 1 is 1.40 bits per heavy atom. The summed E-state index contributed by atoms with van der Waals surface area (Å²) in [6.45, 7) is 0.369. The molecule has 1 heterocycles. The molecule has 4 heteroatoms. The maximum Gasteiger partial charge on any atom is 0.337 e. The highest BCUT2D eigenvalue weighted by Gasteiger charge is 2.46. The lowest BCUT2D eigenvalue weighted by molar-refractivity contribution is -0.162. The summed E-state index contributed by atoms with van der Waals surface area (Å²) in [5.41, 5.74) is 0.0653. The van der Waals surface area contributed by atoms with Crippen LogP contribution in [0.15, 0.2) is 30.3 Å². The standard InChI is InChI=1S/C11H12O3S/c12-10(13)11(7-15-8-11)14-6-9-4-2-1-3-5-9/h1-5H,6-8H2,(H,12,13). The van der Waals surface area contributed by atoms with E-state index >= 15 is 0 Å². The lowest BCUT2D eigenvalue weighted by Gasteiger charge is -2.36. The van der Waals surface area contributed by atoms with Crippen LogP contribution in [0, 0.1) is 0 Å². The molecule has 0 saturated carbocycles. The van der Waals surface area contributed by atoms with Crippen LogP contribution in [0.3, 0.4) is 0 Å². The number of ether oxygens (including phenoxy) is 1. The van der Waals surface area contributed by atoms with Crippen molar-refractivity contribution in [1.82, 2.24) is 0 Å². The number of hydrogen-bond acceptors (Lipinski definition) is 3. The number of carbonyl (C=O) groups is 1. The first-order valence-corrected chi connectivity index (χ1v) is 5.87. The predicted octanol–water partition coefficient (Wildman–Crippen LogP) is 1.77. The largest absolute Gasteiger partial charge is 0.479 e. The van der Waals surface area contributed by atoms with E-state index in [-0.39, 0.29) is 0 Å². The summed E-state index contributed by atoms with van der Waals surface area (Å²) in [5, 5.41) is 9.02. The number of thioether (sulfide) groups is 1. The van der Waals surface area contributed by atoms with Crippen LogP contribution in [0.5, 0.6) is 0 Å². The van der Waals surface area contributed by atoms with Crippen LogP contribution in [0.25, 0.3) is 0 Å². The number of benzene rings is 1. The Kier molecular flexibility index (Phi) is 2.98. The lowest BCUT2D eigenvalue weighted by Crippen LogP contribution is -2.52. The van der Waals surface area contributed by atoms with Gasteiger partial charge in [0.05, 0.1) is 6.61 Å². The first-order valence-electron chi connectivity index (χ1n) is 4.72. The molecule has 1 N–H and O–H groups in total. The van der Waals surface area contributed by atoms with Crippen molar-refractivity contribution in [2.75, 3.05) is 11.5 Å². The van der Waals surface area contributed by atoms with Gasteiger partial charge in [0.15, 0.2) is 5.60 Å². The molecule has 0 aliphatic carbocycles. The Morgan fingerprint density at radius 2 is 2.07 bits per heavy atom. The van der Waals surface area contributed by atoms with Gasteiger partial charge in [-0.2, -0.15) is 11.8 Å². The van der Waals surface area contributed by atoms with Crippen molar-refractivity contribution in [3.63, 3.8) is 0 Å². The smallest absolute Gasteiger partial charge is 0.337 e. The highest BCUT2D eigenvalue weighted by Crippen LogP contribution is 2.34. The average Bonchev–Trinajstić information content (AvgIpc) is 2.17. The number of hydrogen-bond donors (Lipinski definition) is 1. The van der Waals surface area contributed by atoms with Gasteiger partial charge in [-0.15, -0.1) is 0 Å². The zero-order chi connectivity index (χ0) is 10.7. The van der Waals surface area contributed by atoms with E-state index in [0.717, 1.165) is 5.56 Å². The van der Waals surface area contributed by atoms with Crippen molar-refractivity contribution in [3.8, 4) is 0 Å². The molecule has 0 bridgehead atoms. The molecule has 0 spiro atoms. The summed E-state index contributed by atoms with van der Waals surface area (Å²) in [7, 11) is 0. The normalized spacial score (nSPS) is 18.1. The van der Waals surface area contributed by atoms with Crippen LogP contribution < -0.4 is 0 Å². The third kappa shape index (κ3) is 2.16. The fourth-order valence-corrected chi connectivity index (χ4v) is 2.34. The van der Waals surface area contributed by atoms with Gasteiger partial charge in [-0.25, -0.2) is 4.79 Å². The number of carboxylic acids is 1. The van der Waals surface area contributed by atoms with E-state index in [0.29, 0.717) is 18.1 Å². The van der Waals surface area contributed by atoms with Crippen molar-refractivity contribution in [3.05, 3.63) is 35.9 Å². The highest BCUT2D eigenvalue weighted by molar-refractivity contribution is 8.01. The second kappa shape index (κ2) is 4.24. The quantitative estimate of drug-likeness (QED) is 0.846. The zero-order valence-electron chi connectivity index (χ0n) is 8.18. The third-order valence-corrected chi connectivity index (χ3v) is 3.76. The van der Waals surface area contributed by atoms with E-state index in [9.17, 15) is 4.79 Å². The molecule has 1 fully saturated rings. The van der Waals surface area contributed by atoms with Gasteiger partial charge in [0, 0.05) is 11.5 Å². The molecule has 2 rings (SSSR count). The van der Waals surface area contributed by atoms with Crippen LogP contribution >= 0.6 is 11.8 Å². The van der Waals surface area contributed by atoms with Crippen LogP contribution in [-0.4, -0.2) is 28.2 Å². The molecule has 0 radical (unpaired) electrons. The van der Waals surface area contributed by atoms with E-state index in [1.54, 1.807) is 11.8 Å². The summed E-state index contributed by atoms with van der Waals surface area (Å²) < 4.78 is 5.49. The Hall–Kier alpha value is -1.00. The van der Waals surface area contributed by atoms with Crippen molar-refractivity contribution >= 4 is 17.7 Å². The molecule has 0 atom stereocenters. The molecule has 0 unspecified atom stereocenters. The molecule has 1 aliphatic heterocycles. The van der Waals surface area contributed by atoms with Gasteiger partial charge in [-0.05, 0) is 5.56 Å². The fourth-order valence-electron chi connectivity index (χ4n) is 1.35. The summed E-state index contributed by atoms with van der Waals surface area (Å²) >= 11 is 1.60. The van der Waals surface area contributed by atoms with E-state index in [4.69, 9.17) is 9.84 Å². The Morgan fingerprint density at radius 3 is 2.53 bits per heavy atom. The maximum absolute atomic E-state index is 11.0. The fraction of sp³-hybridized carbons (Fsp3) is 0.364. The van der Waals surface area contributed by atoms with Gasteiger partial charge in [0.1, 0.15) is 0 Å². The van der Waals surface area contributed by atoms with Crippen LogP contribution in [-0.2, 0) is 16.1 Å². The minimum absolute atomic E-state index is 0.369. The number of carboxylic acid groups (broad SMARTS) is 1. The van der Waals surface area contributed by atoms with Crippen molar-refractivity contribution in [2.45, 2.75) is 12.2 Å². The molecule has 1 aromatic rings. The van der Waals surface area contributed by atoms with Crippen LogP contribution in [0.2, 0.25) is 0 Å². The van der Waals surface area contributed by atoms with E-state index in [1.807, 2.05) is 30.3 Å². The minimum Gasteiger partial charge on any atom is -0.479 e. The molecule has 1 saturated heterocycles. The minimum atomic E-state index is -0.944. The summed E-state index contributed by atoms with van der Waals surface area (Å²) in [4.78, 5) is 11.0. The van der Waals surface area contributed by atoms with Gasteiger partial charge >= 0.3 is 5.97 Å². The van der Waals surface area contributed by atoms with Crippen LogP contribution in [0.4, 0.5) is 0 Å². The first kappa shape index (κ1) is 10.5. The number of rotatable bonds is 4. The average molecular weight is 224 g/mol. The molecule has 1 aliphatic rings. The molecule has 0 amide bonds. The zero-order valence-corrected chi connectivity index (χ0v) is 9.00. The Bertz CT molecular complexity index is 346. The summed E-state index contributed by atoms with van der Waals surface area (Å²) in [6, 6.07) is 9.63.